The number of fused-ring (bicyclic) bond motifs is 1. The molecule has 0 radical (unpaired) electrons. The van der Waals surface area contributed by atoms with Gasteiger partial charge in [0.2, 0.25) is 0 Å². The smallest absolute Gasteiger partial charge is 0.271 e. The van der Waals surface area contributed by atoms with Crippen LogP contribution in [0.5, 0.6) is 11.5 Å². The maximum absolute atomic E-state index is 12.1. The first-order chi connectivity index (χ1) is 12.1. The van der Waals surface area contributed by atoms with Crippen LogP contribution in [-0.2, 0) is 0 Å². The Kier molecular flexibility index (Phi) is 4.66. The van der Waals surface area contributed by atoms with E-state index in [9.17, 15) is 9.90 Å². The first kappa shape index (κ1) is 16.5. The number of aromatic hydroxyl groups is 1. The number of carbonyl (C=O) groups is 1. The predicted octanol–water partition coefficient (Wildman–Crippen LogP) is 3.71. The third-order valence-corrected chi connectivity index (χ3v) is 3.95. The van der Waals surface area contributed by atoms with Crippen LogP contribution in [-0.4, -0.2) is 23.8 Å². The molecule has 3 aromatic carbocycles. The topological polar surface area (TPSA) is 70.9 Å². The molecule has 0 bridgehead atoms. The summed E-state index contributed by atoms with van der Waals surface area (Å²) in [4.78, 5) is 12.1. The van der Waals surface area contributed by atoms with Crippen LogP contribution < -0.4 is 10.2 Å². The van der Waals surface area contributed by atoms with Crippen LogP contribution in [0.15, 0.2) is 65.8 Å². The fourth-order valence-corrected chi connectivity index (χ4v) is 2.64. The third-order valence-electron chi connectivity index (χ3n) is 3.95. The first-order valence-electron chi connectivity index (χ1n) is 7.80. The molecule has 0 aliphatic heterocycles. The van der Waals surface area contributed by atoms with Gasteiger partial charge in [-0.1, -0.05) is 24.3 Å². The molecule has 0 spiro atoms. The second-order valence-electron chi connectivity index (χ2n) is 5.55. The van der Waals surface area contributed by atoms with Crippen molar-refractivity contribution in [1.82, 2.24) is 5.43 Å². The summed E-state index contributed by atoms with van der Waals surface area (Å²) < 4.78 is 5.40. The Bertz CT molecular complexity index is 947. The standard InChI is InChI=1S/C20H18N2O3/c1-13(21-22-20(24)14-7-9-15(23)10-8-14)16-11-12-19(25-2)18-6-4-3-5-17(16)18/h3-12,23H,1-2H3,(H,22,24)/b21-13-. The van der Waals surface area contributed by atoms with E-state index in [1.807, 2.05) is 43.3 Å². The Morgan fingerprint density at radius 1 is 1.00 bits per heavy atom. The Morgan fingerprint density at radius 3 is 2.36 bits per heavy atom. The Labute approximate surface area is 145 Å². The molecule has 0 atom stereocenters. The lowest BCUT2D eigenvalue weighted by molar-refractivity contribution is 0.0955. The lowest BCUT2D eigenvalue weighted by Crippen LogP contribution is -2.19. The van der Waals surface area contributed by atoms with Crippen LogP contribution in [0.25, 0.3) is 10.8 Å². The van der Waals surface area contributed by atoms with Gasteiger partial charge in [-0.2, -0.15) is 5.10 Å². The number of nitrogens with one attached hydrogen (secondary N) is 1. The van der Waals surface area contributed by atoms with E-state index >= 15 is 0 Å². The van der Waals surface area contributed by atoms with Crippen LogP contribution in [0.4, 0.5) is 0 Å². The molecule has 5 nitrogen and oxygen atoms in total. The quantitative estimate of drug-likeness (QED) is 0.564. The van der Waals surface area contributed by atoms with Gasteiger partial charge in [-0.05, 0) is 48.7 Å². The summed E-state index contributed by atoms with van der Waals surface area (Å²) in [5.74, 6) is 0.568. The Hall–Kier alpha value is -3.34. The maximum atomic E-state index is 12.1. The summed E-state index contributed by atoms with van der Waals surface area (Å²) in [7, 11) is 1.64. The SMILES string of the molecule is COc1ccc(/C(C)=N\NC(=O)c2ccc(O)cc2)c2ccccc12. The van der Waals surface area contributed by atoms with E-state index in [1.54, 1.807) is 7.11 Å². The zero-order valence-corrected chi connectivity index (χ0v) is 14.0. The molecule has 0 unspecified atom stereocenters. The van der Waals surface area contributed by atoms with Crippen LogP contribution in [0, 0.1) is 0 Å². The highest BCUT2D eigenvalue weighted by Crippen LogP contribution is 2.28. The summed E-state index contributed by atoms with van der Waals surface area (Å²) in [5.41, 5.74) is 4.58. The van der Waals surface area contributed by atoms with Gasteiger partial charge >= 0.3 is 0 Å². The van der Waals surface area contributed by atoms with Gasteiger partial charge in [-0.15, -0.1) is 0 Å². The van der Waals surface area contributed by atoms with Crippen LogP contribution in [0.3, 0.4) is 0 Å². The van der Waals surface area contributed by atoms with E-state index in [0.29, 0.717) is 11.3 Å². The summed E-state index contributed by atoms with van der Waals surface area (Å²) in [5, 5.41) is 15.5. The van der Waals surface area contributed by atoms with Gasteiger partial charge < -0.3 is 9.84 Å². The van der Waals surface area contributed by atoms with Crippen molar-refractivity contribution in [2.45, 2.75) is 6.92 Å². The van der Waals surface area contributed by atoms with Crippen molar-refractivity contribution in [3.63, 3.8) is 0 Å². The number of carbonyl (C=O) groups excluding carboxylic acids is 1. The largest absolute Gasteiger partial charge is 0.508 e. The second kappa shape index (κ2) is 7.05. The van der Waals surface area contributed by atoms with Crippen molar-refractivity contribution in [1.29, 1.82) is 0 Å². The predicted molar refractivity (Wildman–Crippen MR) is 98.3 cm³/mol. The van der Waals surface area contributed by atoms with Crippen molar-refractivity contribution < 1.29 is 14.6 Å². The Balaban J connectivity index is 1.89. The number of amides is 1. The summed E-state index contributed by atoms with van der Waals surface area (Å²) in [6.45, 7) is 1.84. The van der Waals surface area contributed by atoms with Crippen LogP contribution in [0.1, 0.15) is 22.8 Å². The lowest BCUT2D eigenvalue weighted by Gasteiger charge is -2.10. The summed E-state index contributed by atoms with van der Waals surface area (Å²) in [6.07, 6.45) is 0. The highest BCUT2D eigenvalue weighted by molar-refractivity contribution is 6.11. The third kappa shape index (κ3) is 3.45. The fourth-order valence-electron chi connectivity index (χ4n) is 2.64. The van der Waals surface area contributed by atoms with Gasteiger partial charge in [-0.25, -0.2) is 5.43 Å². The van der Waals surface area contributed by atoms with Crippen LogP contribution >= 0.6 is 0 Å². The zero-order chi connectivity index (χ0) is 17.8. The summed E-state index contributed by atoms with van der Waals surface area (Å²) >= 11 is 0. The average Bonchev–Trinajstić information content (AvgIpc) is 2.65. The average molecular weight is 334 g/mol. The monoisotopic (exact) mass is 334 g/mol. The van der Waals surface area contributed by atoms with Gasteiger partial charge in [0.25, 0.3) is 5.91 Å². The molecule has 2 N–H and O–H groups in total. The molecule has 0 saturated heterocycles. The second-order valence-corrected chi connectivity index (χ2v) is 5.55. The molecule has 3 aromatic rings. The molecule has 1 amide bonds. The minimum atomic E-state index is -0.336. The van der Waals surface area contributed by atoms with Crippen molar-refractivity contribution in [3.05, 3.63) is 71.8 Å². The highest BCUT2D eigenvalue weighted by atomic mass is 16.5. The summed E-state index contributed by atoms with van der Waals surface area (Å²) in [6, 6.07) is 17.7. The number of benzene rings is 3. The minimum absolute atomic E-state index is 0.112. The molecular formula is C20H18N2O3. The Morgan fingerprint density at radius 2 is 1.68 bits per heavy atom. The zero-order valence-electron chi connectivity index (χ0n) is 14.0. The van der Waals surface area contributed by atoms with Gasteiger partial charge in [0.15, 0.2) is 0 Å². The van der Waals surface area contributed by atoms with Gasteiger partial charge in [0.05, 0.1) is 12.8 Å². The first-order valence-corrected chi connectivity index (χ1v) is 7.80. The molecule has 5 heteroatoms. The van der Waals surface area contributed by atoms with E-state index < -0.39 is 0 Å². The van der Waals surface area contributed by atoms with Crippen LogP contribution in [0.2, 0.25) is 0 Å². The molecular weight excluding hydrogens is 316 g/mol. The van der Waals surface area contributed by atoms with E-state index in [2.05, 4.69) is 10.5 Å². The minimum Gasteiger partial charge on any atom is -0.508 e. The number of ether oxygens (including phenoxy) is 1. The molecule has 0 heterocycles. The number of rotatable bonds is 4. The molecule has 0 aliphatic carbocycles. The number of phenols is 1. The normalized spacial score (nSPS) is 11.4. The molecule has 126 valence electrons. The van der Waals surface area contributed by atoms with E-state index in [0.717, 1.165) is 22.1 Å². The van der Waals surface area contributed by atoms with Crippen molar-refractivity contribution >= 4 is 22.4 Å². The van der Waals surface area contributed by atoms with E-state index in [-0.39, 0.29) is 11.7 Å². The number of hydrogen-bond acceptors (Lipinski definition) is 4. The van der Waals surface area contributed by atoms with Crippen molar-refractivity contribution in [2.75, 3.05) is 7.11 Å². The fraction of sp³-hybridized carbons (Fsp3) is 0.100. The molecule has 0 aromatic heterocycles. The van der Waals surface area contributed by atoms with E-state index in [1.165, 1.54) is 24.3 Å². The van der Waals surface area contributed by atoms with Crippen molar-refractivity contribution in [2.24, 2.45) is 5.10 Å². The number of methoxy groups -OCH3 is 1. The molecule has 0 fully saturated rings. The molecule has 0 aliphatic rings. The number of hydrogen-bond donors (Lipinski definition) is 2. The maximum Gasteiger partial charge on any atom is 0.271 e. The van der Waals surface area contributed by atoms with Gasteiger partial charge in [0, 0.05) is 16.5 Å². The number of nitrogens with zero attached hydrogens (tertiary/aromatic N) is 1. The lowest BCUT2D eigenvalue weighted by atomic mass is 10.0. The molecule has 25 heavy (non-hydrogen) atoms. The molecule has 3 rings (SSSR count). The molecule has 0 saturated carbocycles. The number of phenolic OH excluding ortho intramolecular Hbond substituents is 1. The number of hydrazone groups is 1. The van der Waals surface area contributed by atoms with Gasteiger partial charge in [-0.3, -0.25) is 4.79 Å². The van der Waals surface area contributed by atoms with Crippen molar-refractivity contribution in [3.8, 4) is 11.5 Å². The highest BCUT2D eigenvalue weighted by Gasteiger charge is 2.09. The van der Waals surface area contributed by atoms with Gasteiger partial charge in [0.1, 0.15) is 11.5 Å². The van der Waals surface area contributed by atoms with E-state index in [4.69, 9.17) is 4.74 Å².